The molecule has 162 valence electrons. The van der Waals surface area contributed by atoms with Crippen LogP contribution in [0.3, 0.4) is 0 Å². The van der Waals surface area contributed by atoms with Gasteiger partial charge in [0.05, 0.1) is 12.2 Å². The summed E-state index contributed by atoms with van der Waals surface area (Å²) in [6.07, 6.45) is 0. The molecule has 1 aromatic heterocycles. The third-order valence-electron chi connectivity index (χ3n) is 5.04. The molecule has 8 nitrogen and oxygen atoms in total. The molecule has 1 N–H and O–H groups in total. The summed E-state index contributed by atoms with van der Waals surface area (Å²) in [5.74, 6) is -0.605. The van der Waals surface area contributed by atoms with Gasteiger partial charge in [-0.15, -0.1) is 0 Å². The van der Waals surface area contributed by atoms with E-state index in [1.807, 2.05) is 75.3 Å². The van der Waals surface area contributed by atoms with Crippen LogP contribution in [-0.4, -0.2) is 52.3 Å². The highest BCUT2D eigenvalue weighted by atomic mass is 16.2. The fraction of sp³-hybridized carbons (Fsp3) is 0.304. The minimum Gasteiger partial charge on any atom is -0.349 e. The molecule has 0 aliphatic rings. The molecule has 0 fully saturated rings. The van der Waals surface area contributed by atoms with Gasteiger partial charge in [-0.25, -0.2) is 4.79 Å². The van der Waals surface area contributed by atoms with E-state index in [2.05, 4.69) is 10.4 Å². The largest absolute Gasteiger partial charge is 0.352 e. The Morgan fingerprint density at radius 2 is 1.74 bits per heavy atom. The average Bonchev–Trinajstić information content (AvgIpc) is 2.74. The van der Waals surface area contributed by atoms with E-state index in [0.717, 1.165) is 25.9 Å². The van der Waals surface area contributed by atoms with Gasteiger partial charge in [-0.3, -0.25) is 14.2 Å². The van der Waals surface area contributed by atoms with Crippen LogP contribution in [0.4, 0.5) is 0 Å². The molecule has 0 unspecified atom stereocenters. The number of rotatable bonds is 7. The first kappa shape index (κ1) is 22.2. The van der Waals surface area contributed by atoms with Crippen LogP contribution < -0.4 is 16.6 Å². The molecule has 0 atom stereocenters. The maximum absolute atomic E-state index is 13.2. The number of carbonyl (C=O) groups is 1. The third-order valence-corrected chi connectivity index (χ3v) is 5.04. The lowest BCUT2D eigenvalue weighted by atomic mass is 10.1. The highest BCUT2D eigenvalue weighted by Crippen LogP contribution is 2.12. The van der Waals surface area contributed by atoms with Crippen LogP contribution in [0, 0.1) is 13.8 Å². The first-order valence-electron chi connectivity index (χ1n) is 10.1. The Balaban J connectivity index is 2.12. The summed E-state index contributed by atoms with van der Waals surface area (Å²) in [5.41, 5.74) is 1.70. The predicted octanol–water partition coefficient (Wildman–Crippen LogP) is 1.35. The number of nitrogens with zero attached hydrogens (tertiary/aromatic N) is 4. The molecule has 0 saturated heterocycles. The number of hydrogen-bond donors (Lipinski definition) is 1. The molecular weight excluding hydrogens is 394 g/mol. The number of hydrogen-bond acceptors (Lipinski definition) is 5. The van der Waals surface area contributed by atoms with Crippen LogP contribution in [0.15, 0.2) is 58.1 Å². The lowest BCUT2D eigenvalue weighted by Gasteiger charge is -2.14. The molecule has 2 aromatic carbocycles. The summed E-state index contributed by atoms with van der Waals surface area (Å²) < 4.78 is 2.18. The van der Waals surface area contributed by atoms with Gasteiger partial charge in [0.25, 0.3) is 11.5 Å². The Bertz CT molecular complexity index is 1200. The summed E-state index contributed by atoms with van der Waals surface area (Å²) in [7, 11) is 3.77. The Hall–Kier alpha value is -3.52. The van der Waals surface area contributed by atoms with E-state index in [1.165, 1.54) is 0 Å². The van der Waals surface area contributed by atoms with Gasteiger partial charge in [0, 0.05) is 13.1 Å². The first-order chi connectivity index (χ1) is 14.8. The van der Waals surface area contributed by atoms with Crippen molar-refractivity contribution in [2.45, 2.75) is 20.4 Å². The highest BCUT2D eigenvalue weighted by molar-refractivity contribution is 5.91. The standard InChI is InChI=1S/C23H27N5O3/c1-16-10-11-19(14-17(16)2)28-23(31)27(15-18-8-6-5-7-9-18)22(30)20(25-28)21(29)24-12-13-26(3)4/h5-11,14H,12-13,15H2,1-4H3,(H,24,29). The van der Waals surface area contributed by atoms with Crippen molar-refractivity contribution < 1.29 is 4.79 Å². The number of amides is 1. The number of likely N-dealkylation sites (N-methyl/N-ethyl adjacent to an activating group) is 1. The molecule has 0 aliphatic heterocycles. The average molecular weight is 422 g/mol. The summed E-state index contributed by atoms with van der Waals surface area (Å²) in [6.45, 7) is 4.91. The first-order valence-corrected chi connectivity index (χ1v) is 10.1. The smallest absolute Gasteiger partial charge is 0.349 e. The number of aryl methyl sites for hydroxylation is 2. The van der Waals surface area contributed by atoms with Gasteiger partial charge in [0.15, 0.2) is 0 Å². The van der Waals surface area contributed by atoms with E-state index in [-0.39, 0.29) is 12.2 Å². The second-order valence-electron chi connectivity index (χ2n) is 7.75. The maximum atomic E-state index is 13.2. The van der Waals surface area contributed by atoms with E-state index in [4.69, 9.17) is 0 Å². The van der Waals surface area contributed by atoms with Gasteiger partial charge in [0.2, 0.25) is 5.69 Å². The van der Waals surface area contributed by atoms with Crippen molar-refractivity contribution >= 4 is 5.91 Å². The van der Waals surface area contributed by atoms with Crippen molar-refractivity contribution in [1.29, 1.82) is 0 Å². The summed E-state index contributed by atoms with van der Waals surface area (Å²) >= 11 is 0. The molecule has 8 heteroatoms. The maximum Gasteiger partial charge on any atom is 0.352 e. The van der Waals surface area contributed by atoms with Crippen molar-refractivity contribution in [3.05, 3.63) is 91.8 Å². The monoisotopic (exact) mass is 421 g/mol. The second kappa shape index (κ2) is 9.53. The van der Waals surface area contributed by atoms with Crippen LogP contribution in [0.25, 0.3) is 5.69 Å². The third kappa shape index (κ3) is 5.16. The molecule has 1 heterocycles. The molecule has 3 aromatic rings. The Morgan fingerprint density at radius 1 is 1.03 bits per heavy atom. The lowest BCUT2D eigenvalue weighted by Crippen LogP contribution is -2.46. The van der Waals surface area contributed by atoms with Gasteiger partial charge in [-0.1, -0.05) is 36.4 Å². The molecule has 0 saturated carbocycles. The van der Waals surface area contributed by atoms with Gasteiger partial charge in [-0.05, 0) is 56.8 Å². The van der Waals surface area contributed by atoms with E-state index in [0.29, 0.717) is 18.8 Å². The fourth-order valence-electron chi connectivity index (χ4n) is 3.06. The number of aromatic nitrogens is 3. The van der Waals surface area contributed by atoms with Crippen LogP contribution in [0.2, 0.25) is 0 Å². The Labute approximate surface area is 180 Å². The highest BCUT2D eigenvalue weighted by Gasteiger charge is 2.20. The topological polar surface area (TPSA) is 89.2 Å². The van der Waals surface area contributed by atoms with Gasteiger partial charge in [-0.2, -0.15) is 9.78 Å². The van der Waals surface area contributed by atoms with E-state index in [9.17, 15) is 14.4 Å². The van der Waals surface area contributed by atoms with Gasteiger partial charge >= 0.3 is 5.69 Å². The van der Waals surface area contributed by atoms with Crippen molar-refractivity contribution in [2.24, 2.45) is 0 Å². The van der Waals surface area contributed by atoms with E-state index in [1.54, 1.807) is 6.07 Å². The van der Waals surface area contributed by atoms with Crippen LogP contribution in [0.1, 0.15) is 27.2 Å². The minimum atomic E-state index is -0.712. The number of carbonyl (C=O) groups excluding carboxylic acids is 1. The number of nitrogens with one attached hydrogen (secondary N) is 1. The minimum absolute atomic E-state index is 0.0455. The van der Waals surface area contributed by atoms with Gasteiger partial charge < -0.3 is 10.2 Å². The predicted molar refractivity (Wildman–Crippen MR) is 120 cm³/mol. The van der Waals surface area contributed by atoms with Crippen molar-refractivity contribution in [3.8, 4) is 5.69 Å². The van der Waals surface area contributed by atoms with E-state index < -0.39 is 17.2 Å². The quantitative estimate of drug-likeness (QED) is 0.622. The Morgan fingerprint density at radius 3 is 2.39 bits per heavy atom. The molecular formula is C23H27N5O3. The summed E-state index contributed by atoms with van der Waals surface area (Å²) in [5, 5.41) is 6.87. The van der Waals surface area contributed by atoms with E-state index >= 15 is 0 Å². The molecule has 0 bridgehead atoms. The van der Waals surface area contributed by atoms with Gasteiger partial charge in [0.1, 0.15) is 0 Å². The van der Waals surface area contributed by atoms with Crippen LogP contribution in [0.5, 0.6) is 0 Å². The lowest BCUT2D eigenvalue weighted by molar-refractivity contribution is 0.0941. The molecule has 0 aliphatic carbocycles. The second-order valence-corrected chi connectivity index (χ2v) is 7.75. The zero-order valence-electron chi connectivity index (χ0n) is 18.3. The summed E-state index contributed by atoms with van der Waals surface area (Å²) in [6, 6.07) is 14.6. The van der Waals surface area contributed by atoms with Crippen LogP contribution >= 0.6 is 0 Å². The zero-order chi connectivity index (χ0) is 22.5. The molecule has 0 radical (unpaired) electrons. The Kier molecular flexibility index (Phi) is 6.81. The SMILES string of the molecule is Cc1ccc(-n2nc(C(=O)NCCN(C)C)c(=O)n(Cc3ccccc3)c2=O)cc1C. The number of benzene rings is 2. The molecule has 0 spiro atoms. The summed E-state index contributed by atoms with van der Waals surface area (Å²) in [4.78, 5) is 40.9. The van der Waals surface area contributed by atoms with Crippen LogP contribution in [-0.2, 0) is 6.54 Å². The molecule has 1 amide bonds. The van der Waals surface area contributed by atoms with Crippen molar-refractivity contribution in [2.75, 3.05) is 27.2 Å². The molecule has 3 rings (SSSR count). The molecule has 31 heavy (non-hydrogen) atoms. The zero-order valence-corrected chi connectivity index (χ0v) is 18.3. The van der Waals surface area contributed by atoms with Crippen molar-refractivity contribution in [3.63, 3.8) is 0 Å². The normalized spacial score (nSPS) is 11.0. The fourth-order valence-corrected chi connectivity index (χ4v) is 3.06. The van der Waals surface area contributed by atoms with Crippen molar-refractivity contribution in [1.82, 2.24) is 24.6 Å².